The molecule has 7 heteroatoms. The maximum atomic E-state index is 14.5. The Morgan fingerprint density at radius 3 is 2.92 bits per heavy atom. The molecule has 1 aliphatic carbocycles. The molecule has 1 aliphatic rings. The molecule has 1 saturated carbocycles. The number of benzene rings is 1. The second-order valence-corrected chi connectivity index (χ2v) is 7.04. The van der Waals surface area contributed by atoms with E-state index in [1.54, 1.807) is 25.4 Å². The van der Waals surface area contributed by atoms with Crippen molar-refractivity contribution in [3.8, 4) is 0 Å². The SMILES string of the molecule is CNc1ncc2cc(Br)c(=O)n(Cc3c(F)cccc3C3CC3)c2n1. The highest BCUT2D eigenvalue weighted by Gasteiger charge is 2.27. The van der Waals surface area contributed by atoms with E-state index in [0.717, 1.165) is 23.8 Å². The van der Waals surface area contributed by atoms with Gasteiger partial charge in [-0.15, -0.1) is 0 Å². The number of nitrogens with one attached hydrogen (secondary N) is 1. The monoisotopic (exact) mass is 402 g/mol. The van der Waals surface area contributed by atoms with Gasteiger partial charge in [0.1, 0.15) is 11.5 Å². The first-order valence-corrected chi connectivity index (χ1v) is 8.89. The van der Waals surface area contributed by atoms with Crippen molar-refractivity contribution in [1.29, 1.82) is 0 Å². The summed E-state index contributed by atoms with van der Waals surface area (Å²) >= 11 is 3.30. The molecule has 0 amide bonds. The molecular weight excluding hydrogens is 387 g/mol. The minimum absolute atomic E-state index is 0.146. The van der Waals surface area contributed by atoms with Crippen molar-refractivity contribution in [1.82, 2.24) is 14.5 Å². The van der Waals surface area contributed by atoms with Gasteiger partial charge in [0, 0.05) is 24.2 Å². The third kappa shape index (κ3) is 2.93. The first-order valence-electron chi connectivity index (χ1n) is 8.09. The smallest absolute Gasteiger partial charge is 0.266 e. The van der Waals surface area contributed by atoms with Crippen molar-refractivity contribution in [2.45, 2.75) is 25.3 Å². The zero-order valence-corrected chi connectivity index (χ0v) is 15.2. The van der Waals surface area contributed by atoms with Gasteiger partial charge in [-0.3, -0.25) is 9.36 Å². The lowest BCUT2D eigenvalue weighted by Crippen LogP contribution is -2.24. The molecule has 0 spiro atoms. The van der Waals surface area contributed by atoms with Gasteiger partial charge in [-0.05, 0) is 52.4 Å². The summed E-state index contributed by atoms with van der Waals surface area (Å²) in [6.07, 6.45) is 3.78. The quantitative estimate of drug-likeness (QED) is 0.723. The summed E-state index contributed by atoms with van der Waals surface area (Å²) in [5.41, 5.74) is 1.80. The van der Waals surface area contributed by atoms with E-state index in [-0.39, 0.29) is 17.9 Å². The van der Waals surface area contributed by atoms with Gasteiger partial charge in [0.2, 0.25) is 5.95 Å². The van der Waals surface area contributed by atoms with Crippen LogP contribution in [0.3, 0.4) is 0 Å². The lowest BCUT2D eigenvalue weighted by atomic mass is 10.0. The summed E-state index contributed by atoms with van der Waals surface area (Å²) < 4.78 is 16.4. The molecule has 2 heterocycles. The van der Waals surface area contributed by atoms with Crippen molar-refractivity contribution in [2.75, 3.05) is 12.4 Å². The van der Waals surface area contributed by atoms with Gasteiger partial charge in [-0.1, -0.05) is 12.1 Å². The minimum Gasteiger partial charge on any atom is -0.357 e. The fraction of sp³-hybridized carbons (Fsp3) is 0.278. The van der Waals surface area contributed by atoms with Crippen LogP contribution in [-0.4, -0.2) is 21.6 Å². The second kappa shape index (κ2) is 6.22. The maximum Gasteiger partial charge on any atom is 0.266 e. The first kappa shape index (κ1) is 16.2. The molecule has 1 aromatic carbocycles. The van der Waals surface area contributed by atoms with Gasteiger partial charge >= 0.3 is 0 Å². The van der Waals surface area contributed by atoms with E-state index in [2.05, 4.69) is 31.2 Å². The average Bonchev–Trinajstić information content (AvgIpc) is 3.44. The van der Waals surface area contributed by atoms with Crippen molar-refractivity contribution in [3.05, 3.63) is 62.2 Å². The Hall–Kier alpha value is -2.28. The molecule has 128 valence electrons. The number of hydrogen-bond donors (Lipinski definition) is 1. The number of fused-ring (bicyclic) bond motifs is 1. The molecule has 1 N–H and O–H groups in total. The molecule has 0 saturated heterocycles. The average molecular weight is 403 g/mol. The number of halogens is 2. The third-order valence-corrected chi connectivity index (χ3v) is 5.06. The largest absolute Gasteiger partial charge is 0.357 e. The van der Waals surface area contributed by atoms with E-state index in [0.29, 0.717) is 27.5 Å². The molecule has 0 bridgehead atoms. The predicted molar refractivity (Wildman–Crippen MR) is 98.5 cm³/mol. The van der Waals surface area contributed by atoms with Crippen LogP contribution in [0.1, 0.15) is 29.9 Å². The van der Waals surface area contributed by atoms with Crippen LogP contribution in [0, 0.1) is 5.82 Å². The van der Waals surface area contributed by atoms with Gasteiger partial charge in [0.25, 0.3) is 5.56 Å². The van der Waals surface area contributed by atoms with Crippen molar-refractivity contribution < 1.29 is 4.39 Å². The summed E-state index contributed by atoms with van der Waals surface area (Å²) in [6.45, 7) is 0.146. The molecule has 5 nitrogen and oxygen atoms in total. The van der Waals surface area contributed by atoms with Gasteiger partial charge in [0.05, 0.1) is 11.0 Å². The van der Waals surface area contributed by atoms with Crippen molar-refractivity contribution >= 4 is 32.9 Å². The van der Waals surface area contributed by atoms with Gasteiger partial charge in [-0.25, -0.2) is 9.37 Å². The summed E-state index contributed by atoms with van der Waals surface area (Å²) in [5.74, 6) is 0.522. The lowest BCUT2D eigenvalue weighted by Gasteiger charge is -2.14. The van der Waals surface area contributed by atoms with Gasteiger partial charge < -0.3 is 5.32 Å². The molecule has 1 fully saturated rings. The number of rotatable bonds is 4. The highest BCUT2D eigenvalue weighted by molar-refractivity contribution is 9.10. The highest BCUT2D eigenvalue weighted by atomic mass is 79.9. The molecule has 3 aromatic rings. The van der Waals surface area contributed by atoms with Crippen LogP contribution in [0.5, 0.6) is 0 Å². The van der Waals surface area contributed by atoms with Crippen molar-refractivity contribution in [3.63, 3.8) is 0 Å². The van der Waals surface area contributed by atoms with Crippen LogP contribution in [0.2, 0.25) is 0 Å². The Morgan fingerprint density at radius 2 is 2.20 bits per heavy atom. The van der Waals surface area contributed by atoms with Crippen LogP contribution in [0.4, 0.5) is 10.3 Å². The third-order valence-electron chi connectivity index (χ3n) is 4.50. The van der Waals surface area contributed by atoms with E-state index < -0.39 is 0 Å². The summed E-state index contributed by atoms with van der Waals surface area (Å²) in [4.78, 5) is 21.3. The summed E-state index contributed by atoms with van der Waals surface area (Å²) in [5, 5.41) is 3.59. The first-order chi connectivity index (χ1) is 12.1. The molecule has 2 aromatic heterocycles. The van der Waals surface area contributed by atoms with Crippen LogP contribution < -0.4 is 10.9 Å². The zero-order chi connectivity index (χ0) is 17.6. The van der Waals surface area contributed by atoms with Gasteiger partial charge in [-0.2, -0.15) is 4.98 Å². The molecular formula is C18H16BrFN4O. The fourth-order valence-corrected chi connectivity index (χ4v) is 3.53. The number of aromatic nitrogens is 3. The van der Waals surface area contributed by atoms with E-state index in [4.69, 9.17) is 0 Å². The number of nitrogens with zero attached hydrogens (tertiary/aromatic N) is 3. The number of pyridine rings is 1. The van der Waals surface area contributed by atoms with Crippen LogP contribution in [-0.2, 0) is 6.54 Å². The van der Waals surface area contributed by atoms with Crippen LogP contribution in [0.25, 0.3) is 11.0 Å². The van der Waals surface area contributed by atoms with Gasteiger partial charge in [0.15, 0.2) is 0 Å². The standard InChI is InChI=1S/C18H16BrFN4O/c1-21-18-22-8-11-7-14(19)17(25)24(16(11)23-18)9-13-12(10-5-6-10)3-2-4-15(13)20/h2-4,7-8,10H,5-6,9H2,1H3,(H,21,22,23). The molecule has 0 atom stereocenters. The maximum absolute atomic E-state index is 14.5. The molecule has 0 unspecified atom stereocenters. The number of hydrogen-bond acceptors (Lipinski definition) is 4. The second-order valence-electron chi connectivity index (χ2n) is 6.19. The fourth-order valence-electron chi connectivity index (χ4n) is 3.07. The Labute approximate surface area is 152 Å². The van der Waals surface area contributed by atoms with Crippen molar-refractivity contribution in [2.24, 2.45) is 0 Å². The Kier molecular flexibility index (Phi) is 4.03. The normalized spacial score (nSPS) is 14.0. The van der Waals surface area contributed by atoms with Crippen LogP contribution >= 0.6 is 15.9 Å². The zero-order valence-electron chi connectivity index (χ0n) is 13.6. The molecule has 0 radical (unpaired) electrons. The topological polar surface area (TPSA) is 59.8 Å². The van der Waals surface area contributed by atoms with Crippen LogP contribution in [0.15, 0.2) is 39.7 Å². The van der Waals surface area contributed by atoms with E-state index in [1.807, 2.05) is 6.07 Å². The molecule has 0 aliphatic heterocycles. The lowest BCUT2D eigenvalue weighted by molar-refractivity contribution is 0.594. The van der Waals surface area contributed by atoms with E-state index >= 15 is 0 Å². The number of anilines is 1. The molecule has 4 rings (SSSR count). The van der Waals surface area contributed by atoms with E-state index in [9.17, 15) is 9.18 Å². The highest BCUT2D eigenvalue weighted by Crippen LogP contribution is 2.42. The van der Waals surface area contributed by atoms with E-state index in [1.165, 1.54) is 10.6 Å². The Morgan fingerprint density at radius 1 is 1.40 bits per heavy atom. The minimum atomic E-state index is -0.285. The Balaban J connectivity index is 1.92. The summed E-state index contributed by atoms with van der Waals surface area (Å²) in [6, 6.07) is 6.82. The Bertz CT molecular complexity index is 1030. The summed E-state index contributed by atoms with van der Waals surface area (Å²) in [7, 11) is 1.71. The predicted octanol–water partition coefficient (Wildman–Crippen LogP) is 3.66. The molecule has 25 heavy (non-hydrogen) atoms.